The van der Waals surface area contributed by atoms with Gasteiger partial charge in [0.05, 0.1) is 17.6 Å². The van der Waals surface area contributed by atoms with E-state index in [2.05, 4.69) is 28.6 Å². The number of aromatic nitrogens is 3. The van der Waals surface area contributed by atoms with Gasteiger partial charge in [-0.2, -0.15) is 0 Å². The molecule has 2 aromatic heterocycles. The Kier molecular flexibility index (Phi) is 3.37. The highest BCUT2D eigenvalue weighted by molar-refractivity contribution is 5.76. The molecular formula is C16H18N4. The van der Waals surface area contributed by atoms with E-state index in [1.165, 1.54) is 0 Å². The molecule has 0 saturated carbocycles. The minimum atomic E-state index is 0.590. The average molecular weight is 266 g/mol. The van der Waals surface area contributed by atoms with Gasteiger partial charge in [0, 0.05) is 18.2 Å². The number of para-hydroxylation sites is 2. The fraction of sp³-hybridized carbons (Fsp3) is 0.250. The number of nitrogens with zero attached hydrogens (tertiary/aromatic N) is 3. The van der Waals surface area contributed by atoms with Crippen molar-refractivity contribution in [1.82, 2.24) is 14.5 Å². The molecular weight excluding hydrogens is 248 g/mol. The zero-order valence-corrected chi connectivity index (χ0v) is 11.6. The molecule has 2 N–H and O–H groups in total. The zero-order valence-electron chi connectivity index (χ0n) is 11.6. The summed E-state index contributed by atoms with van der Waals surface area (Å²) in [5.74, 6) is 1.70. The predicted octanol–water partition coefficient (Wildman–Crippen LogP) is 3.01. The molecule has 0 aliphatic rings. The fourth-order valence-corrected chi connectivity index (χ4v) is 2.47. The molecule has 102 valence electrons. The molecule has 0 spiro atoms. The van der Waals surface area contributed by atoms with E-state index in [0.717, 1.165) is 41.8 Å². The number of benzene rings is 1. The summed E-state index contributed by atoms with van der Waals surface area (Å²) >= 11 is 0. The monoisotopic (exact) mass is 266 g/mol. The summed E-state index contributed by atoms with van der Waals surface area (Å²) in [7, 11) is 0. The maximum absolute atomic E-state index is 5.96. The summed E-state index contributed by atoms with van der Waals surface area (Å²) in [5.41, 5.74) is 9.19. The first-order valence-corrected chi connectivity index (χ1v) is 6.93. The molecule has 0 amide bonds. The van der Waals surface area contributed by atoms with E-state index in [1.54, 1.807) is 6.20 Å². The number of fused-ring (bicyclic) bond motifs is 1. The third-order valence-electron chi connectivity index (χ3n) is 3.46. The number of anilines is 1. The first kappa shape index (κ1) is 12.7. The highest BCUT2D eigenvalue weighted by atomic mass is 15.1. The second-order valence-electron chi connectivity index (χ2n) is 4.90. The van der Waals surface area contributed by atoms with Gasteiger partial charge in [-0.05, 0) is 24.6 Å². The lowest BCUT2D eigenvalue weighted by Crippen LogP contribution is -2.07. The van der Waals surface area contributed by atoms with E-state index in [-0.39, 0.29) is 0 Å². The van der Waals surface area contributed by atoms with Crippen LogP contribution in [0.4, 0.5) is 5.82 Å². The first-order valence-electron chi connectivity index (χ1n) is 6.93. The molecule has 4 heteroatoms. The van der Waals surface area contributed by atoms with Crippen LogP contribution >= 0.6 is 0 Å². The summed E-state index contributed by atoms with van der Waals surface area (Å²) in [6.45, 7) is 2.89. The lowest BCUT2D eigenvalue weighted by molar-refractivity contribution is 0.721. The van der Waals surface area contributed by atoms with Gasteiger partial charge in [-0.25, -0.2) is 9.97 Å². The Balaban J connectivity index is 2.09. The Morgan fingerprint density at radius 1 is 1.15 bits per heavy atom. The Labute approximate surface area is 118 Å². The highest BCUT2D eigenvalue weighted by Gasteiger charge is 2.11. The van der Waals surface area contributed by atoms with Gasteiger partial charge < -0.3 is 10.3 Å². The van der Waals surface area contributed by atoms with Crippen molar-refractivity contribution in [2.24, 2.45) is 0 Å². The van der Waals surface area contributed by atoms with Gasteiger partial charge >= 0.3 is 0 Å². The summed E-state index contributed by atoms with van der Waals surface area (Å²) < 4.78 is 2.24. The summed E-state index contributed by atoms with van der Waals surface area (Å²) in [4.78, 5) is 8.89. The number of imidazole rings is 1. The van der Waals surface area contributed by atoms with Crippen LogP contribution in [0.15, 0.2) is 42.6 Å². The molecule has 0 aliphatic heterocycles. The largest absolute Gasteiger partial charge is 0.383 e. The molecule has 20 heavy (non-hydrogen) atoms. The minimum Gasteiger partial charge on any atom is -0.383 e. The van der Waals surface area contributed by atoms with Crippen LogP contribution in [-0.4, -0.2) is 14.5 Å². The molecule has 3 rings (SSSR count). The average Bonchev–Trinajstić information content (AvgIpc) is 2.80. The van der Waals surface area contributed by atoms with Gasteiger partial charge in [-0.15, -0.1) is 0 Å². The number of nitrogens with two attached hydrogens (primary N) is 1. The number of rotatable bonds is 4. The van der Waals surface area contributed by atoms with Crippen LogP contribution in [-0.2, 0) is 13.0 Å². The van der Waals surface area contributed by atoms with E-state index in [9.17, 15) is 0 Å². The Morgan fingerprint density at radius 2 is 2.00 bits per heavy atom. The number of nitrogen functional groups attached to an aromatic ring is 1. The van der Waals surface area contributed by atoms with E-state index in [0.29, 0.717) is 5.82 Å². The quantitative estimate of drug-likeness (QED) is 0.789. The van der Waals surface area contributed by atoms with Gasteiger partial charge in [0.25, 0.3) is 0 Å². The number of aryl methyl sites for hydroxylation is 1. The van der Waals surface area contributed by atoms with Crippen molar-refractivity contribution >= 4 is 16.9 Å². The third kappa shape index (κ3) is 2.25. The second-order valence-corrected chi connectivity index (χ2v) is 4.90. The summed E-state index contributed by atoms with van der Waals surface area (Å²) in [6.07, 6.45) is 3.76. The standard InChI is InChI=1S/C16H18N4/c1-2-6-15-19-13-8-3-4-9-14(13)20(15)11-12-7-5-10-18-16(12)17/h3-5,7-10H,2,6,11H2,1H3,(H2,17,18). The second kappa shape index (κ2) is 5.33. The van der Waals surface area contributed by atoms with Crippen LogP contribution in [0.2, 0.25) is 0 Å². The highest BCUT2D eigenvalue weighted by Crippen LogP contribution is 2.20. The maximum atomic E-state index is 5.96. The fourth-order valence-electron chi connectivity index (χ4n) is 2.47. The van der Waals surface area contributed by atoms with Crippen LogP contribution in [0.1, 0.15) is 24.7 Å². The number of hydrogen-bond acceptors (Lipinski definition) is 3. The Hall–Kier alpha value is -2.36. The smallest absolute Gasteiger partial charge is 0.128 e. The van der Waals surface area contributed by atoms with Crippen LogP contribution in [0.25, 0.3) is 11.0 Å². The third-order valence-corrected chi connectivity index (χ3v) is 3.46. The molecule has 0 aliphatic carbocycles. The lowest BCUT2D eigenvalue weighted by atomic mass is 10.2. The molecule has 0 bridgehead atoms. The van der Waals surface area contributed by atoms with Crippen molar-refractivity contribution < 1.29 is 0 Å². The molecule has 1 aromatic carbocycles. The van der Waals surface area contributed by atoms with Gasteiger partial charge in [-0.1, -0.05) is 25.1 Å². The topological polar surface area (TPSA) is 56.7 Å². The normalized spacial score (nSPS) is 11.1. The van der Waals surface area contributed by atoms with Crippen molar-refractivity contribution in [1.29, 1.82) is 0 Å². The summed E-state index contributed by atoms with van der Waals surface area (Å²) in [6, 6.07) is 12.2. The van der Waals surface area contributed by atoms with Crippen LogP contribution in [0.5, 0.6) is 0 Å². The van der Waals surface area contributed by atoms with Crippen molar-refractivity contribution in [3.63, 3.8) is 0 Å². The van der Waals surface area contributed by atoms with E-state index >= 15 is 0 Å². The predicted molar refractivity (Wildman–Crippen MR) is 81.5 cm³/mol. The van der Waals surface area contributed by atoms with Crippen LogP contribution in [0.3, 0.4) is 0 Å². The SMILES string of the molecule is CCCc1nc2ccccc2n1Cc1cccnc1N. The molecule has 0 unspecified atom stereocenters. The number of hydrogen-bond donors (Lipinski definition) is 1. The molecule has 0 radical (unpaired) electrons. The van der Waals surface area contributed by atoms with Crippen LogP contribution in [0, 0.1) is 0 Å². The Bertz CT molecular complexity index is 730. The lowest BCUT2D eigenvalue weighted by Gasteiger charge is -2.10. The van der Waals surface area contributed by atoms with Crippen LogP contribution < -0.4 is 5.73 Å². The van der Waals surface area contributed by atoms with Gasteiger partial charge in [0.1, 0.15) is 11.6 Å². The molecule has 2 heterocycles. The van der Waals surface area contributed by atoms with E-state index in [4.69, 9.17) is 10.7 Å². The molecule has 0 saturated heterocycles. The molecule has 0 fully saturated rings. The summed E-state index contributed by atoms with van der Waals surface area (Å²) in [5, 5.41) is 0. The minimum absolute atomic E-state index is 0.590. The van der Waals surface area contributed by atoms with Crippen molar-refractivity contribution in [3.8, 4) is 0 Å². The van der Waals surface area contributed by atoms with Crippen molar-refractivity contribution in [3.05, 3.63) is 54.0 Å². The molecule has 3 aromatic rings. The van der Waals surface area contributed by atoms with Crippen molar-refractivity contribution in [2.45, 2.75) is 26.3 Å². The zero-order chi connectivity index (χ0) is 13.9. The van der Waals surface area contributed by atoms with E-state index < -0.39 is 0 Å². The molecule has 0 atom stereocenters. The van der Waals surface area contributed by atoms with Gasteiger partial charge in [0.2, 0.25) is 0 Å². The van der Waals surface area contributed by atoms with Gasteiger partial charge in [-0.3, -0.25) is 0 Å². The van der Waals surface area contributed by atoms with Crippen molar-refractivity contribution in [2.75, 3.05) is 5.73 Å². The van der Waals surface area contributed by atoms with Gasteiger partial charge in [0.15, 0.2) is 0 Å². The maximum Gasteiger partial charge on any atom is 0.128 e. The Morgan fingerprint density at radius 3 is 2.80 bits per heavy atom. The first-order chi connectivity index (χ1) is 9.79. The number of pyridine rings is 1. The molecule has 4 nitrogen and oxygen atoms in total. The van der Waals surface area contributed by atoms with E-state index in [1.807, 2.05) is 24.3 Å².